The molecule has 0 radical (unpaired) electrons. The van der Waals surface area contributed by atoms with Gasteiger partial charge in [0.05, 0.1) is 12.7 Å². The first-order valence-electron chi connectivity index (χ1n) is 6.67. The highest BCUT2D eigenvalue weighted by molar-refractivity contribution is 5.95. The van der Waals surface area contributed by atoms with Gasteiger partial charge < -0.3 is 9.64 Å². The molecule has 4 heteroatoms. The maximum atomic E-state index is 13.9. The molecule has 0 saturated heterocycles. The number of hydrogen-bond acceptors (Lipinski definition) is 2. The zero-order chi connectivity index (χ0) is 14.0. The van der Waals surface area contributed by atoms with E-state index >= 15 is 0 Å². The van der Waals surface area contributed by atoms with Crippen LogP contribution >= 0.6 is 0 Å². The van der Waals surface area contributed by atoms with E-state index in [9.17, 15) is 9.18 Å². The quantitative estimate of drug-likeness (QED) is 0.818. The molecular weight excluding hydrogens is 245 g/mol. The highest BCUT2D eigenvalue weighted by Crippen LogP contribution is 2.30. The first-order chi connectivity index (χ1) is 9.02. The van der Waals surface area contributed by atoms with Crippen LogP contribution in [0.5, 0.6) is 5.75 Å². The van der Waals surface area contributed by atoms with Gasteiger partial charge in [-0.25, -0.2) is 4.39 Å². The van der Waals surface area contributed by atoms with Crippen molar-refractivity contribution < 1.29 is 13.9 Å². The second-order valence-corrected chi connectivity index (χ2v) is 5.43. The summed E-state index contributed by atoms with van der Waals surface area (Å²) in [5.74, 6) is 0.0804. The molecule has 1 aromatic rings. The smallest absolute Gasteiger partial charge is 0.257 e. The molecule has 1 aromatic carbocycles. The van der Waals surface area contributed by atoms with Gasteiger partial charge in [-0.1, -0.05) is 13.8 Å². The maximum Gasteiger partial charge on any atom is 0.257 e. The molecule has 1 saturated carbocycles. The Morgan fingerprint density at radius 3 is 2.63 bits per heavy atom. The van der Waals surface area contributed by atoms with Crippen molar-refractivity contribution in [2.45, 2.75) is 32.7 Å². The third-order valence-electron chi connectivity index (χ3n) is 3.22. The summed E-state index contributed by atoms with van der Waals surface area (Å²) in [6, 6.07) is 4.67. The monoisotopic (exact) mass is 265 g/mol. The number of carbonyl (C=O) groups is 1. The number of amides is 1. The van der Waals surface area contributed by atoms with Crippen LogP contribution in [0.1, 0.15) is 37.0 Å². The minimum Gasteiger partial charge on any atom is -0.497 e. The lowest BCUT2D eigenvalue weighted by molar-refractivity contribution is 0.0717. The molecule has 0 heterocycles. The van der Waals surface area contributed by atoms with Crippen molar-refractivity contribution in [3.63, 3.8) is 0 Å². The average molecular weight is 265 g/mol. The maximum absolute atomic E-state index is 13.9. The van der Waals surface area contributed by atoms with Crippen LogP contribution in [0.4, 0.5) is 4.39 Å². The summed E-state index contributed by atoms with van der Waals surface area (Å²) in [5, 5.41) is 0. The lowest BCUT2D eigenvalue weighted by atomic mass is 10.1. The molecule has 1 aliphatic carbocycles. The van der Waals surface area contributed by atoms with Crippen LogP contribution in [-0.4, -0.2) is 30.5 Å². The van der Waals surface area contributed by atoms with Gasteiger partial charge in [0.15, 0.2) is 0 Å². The van der Waals surface area contributed by atoms with E-state index in [0.29, 0.717) is 18.2 Å². The topological polar surface area (TPSA) is 29.5 Å². The summed E-state index contributed by atoms with van der Waals surface area (Å²) >= 11 is 0. The molecule has 0 bridgehead atoms. The molecule has 0 atom stereocenters. The Bertz CT molecular complexity index is 469. The van der Waals surface area contributed by atoms with Crippen LogP contribution in [-0.2, 0) is 0 Å². The van der Waals surface area contributed by atoms with Gasteiger partial charge in [-0.05, 0) is 30.9 Å². The average Bonchev–Trinajstić information content (AvgIpc) is 3.19. The predicted molar refractivity (Wildman–Crippen MR) is 71.8 cm³/mol. The van der Waals surface area contributed by atoms with E-state index in [1.54, 1.807) is 11.0 Å². The van der Waals surface area contributed by atoms with Crippen LogP contribution in [0.25, 0.3) is 0 Å². The Kier molecular flexibility index (Phi) is 4.08. The van der Waals surface area contributed by atoms with Crippen molar-refractivity contribution in [1.29, 1.82) is 0 Å². The highest BCUT2D eigenvalue weighted by Gasteiger charge is 2.34. The molecule has 1 fully saturated rings. The van der Waals surface area contributed by atoms with Gasteiger partial charge in [-0.2, -0.15) is 0 Å². The van der Waals surface area contributed by atoms with E-state index < -0.39 is 5.82 Å². The Labute approximate surface area is 113 Å². The van der Waals surface area contributed by atoms with Crippen molar-refractivity contribution >= 4 is 5.91 Å². The first-order valence-corrected chi connectivity index (χ1v) is 6.67. The Morgan fingerprint density at radius 1 is 1.47 bits per heavy atom. The fraction of sp³-hybridized carbons (Fsp3) is 0.533. The molecule has 2 rings (SSSR count). The second-order valence-electron chi connectivity index (χ2n) is 5.43. The van der Waals surface area contributed by atoms with Gasteiger partial charge in [-0.3, -0.25) is 4.79 Å². The van der Waals surface area contributed by atoms with Crippen LogP contribution in [0.3, 0.4) is 0 Å². The molecule has 0 unspecified atom stereocenters. The van der Waals surface area contributed by atoms with Crippen LogP contribution in [0.15, 0.2) is 18.2 Å². The van der Waals surface area contributed by atoms with Crippen LogP contribution in [0.2, 0.25) is 0 Å². The Hall–Kier alpha value is -1.58. The summed E-state index contributed by atoms with van der Waals surface area (Å²) in [6.07, 6.45) is 2.05. The predicted octanol–water partition coefficient (Wildman–Crippen LogP) is 3.09. The van der Waals surface area contributed by atoms with Crippen molar-refractivity contribution in [3.8, 4) is 5.75 Å². The summed E-state index contributed by atoms with van der Waals surface area (Å²) < 4.78 is 18.9. The minimum absolute atomic E-state index is 0.133. The van der Waals surface area contributed by atoms with E-state index in [2.05, 4.69) is 13.8 Å². The summed E-state index contributed by atoms with van der Waals surface area (Å²) in [7, 11) is 1.48. The Morgan fingerprint density at radius 2 is 2.16 bits per heavy atom. The lowest BCUT2D eigenvalue weighted by Crippen LogP contribution is -2.36. The van der Waals surface area contributed by atoms with E-state index in [4.69, 9.17) is 4.74 Å². The van der Waals surface area contributed by atoms with E-state index in [-0.39, 0.29) is 17.5 Å². The Balaban J connectivity index is 2.21. The first kappa shape index (κ1) is 13.8. The number of methoxy groups -OCH3 is 1. The van der Waals surface area contributed by atoms with Crippen LogP contribution < -0.4 is 4.74 Å². The van der Waals surface area contributed by atoms with Crippen molar-refractivity contribution in [1.82, 2.24) is 4.90 Å². The van der Waals surface area contributed by atoms with E-state index in [1.807, 2.05) is 0 Å². The number of halogens is 1. The number of hydrogen-bond donors (Lipinski definition) is 0. The number of nitrogens with zero attached hydrogens (tertiary/aromatic N) is 1. The van der Waals surface area contributed by atoms with Crippen molar-refractivity contribution in [2.24, 2.45) is 5.92 Å². The van der Waals surface area contributed by atoms with E-state index in [0.717, 1.165) is 12.8 Å². The number of ether oxygens (including phenoxy) is 1. The van der Waals surface area contributed by atoms with Gasteiger partial charge in [-0.15, -0.1) is 0 Å². The molecule has 19 heavy (non-hydrogen) atoms. The zero-order valence-electron chi connectivity index (χ0n) is 11.6. The highest BCUT2D eigenvalue weighted by atomic mass is 19.1. The van der Waals surface area contributed by atoms with Gasteiger partial charge in [0.25, 0.3) is 5.91 Å². The standard InChI is InChI=1S/C15H20FNO2/c1-10(2)9-17(11-4-5-11)15(18)13-7-6-12(19-3)8-14(13)16/h6-8,10-11H,4-5,9H2,1-3H3. The third kappa shape index (κ3) is 3.25. The lowest BCUT2D eigenvalue weighted by Gasteiger charge is -2.24. The molecule has 0 aliphatic heterocycles. The third-order valence-corrected chi connectivity index (χ3v) is 3.22. The number of carbonyl (C=O) groups excluding carboxylic acids is 1. The molecule has 104 valence electrons. The van der Waals surface area contributed by atoms with Crippen LogP contribution in [0, 0.1) is 11.7 Å². The second kappa shape index (κ2) is 5.59. The van der Waals surface area contributed by atoms with Gasteiger partial charge in [0.2, 0.25) is 0 Å². The SMILES string of the molecule is COc1ccc(C(=O)N(CC(C)C)C2CC2)c(F)c1. The molecule has 3 nitrogen and oxygen atoms in total. The summed E-state index contributed by atoms with van der Waals surface area (Å²) in [4.78, 5) is 14.2. The summed E-state index contributed by atoms with van der Waals surface area (Å²) in [5.41, 5.74) is 0.133. The molecule has 0 aromatic heterocycles. The number of rotatable bonds is 5. The minimum atomic E-state index is -0.515. The van der Waals surface area contributed by atoms with E-state index in [1.165, 1.54) is 19.2 Å². The largest absolute Gasteiger partial charge is 0.497 e. The van der Waals surface area contributed by atoms with Crippen molar-refractivity contribution in [2.75, 3.05) is 13.7 Å². The fourth-order valence-corrected chi connectivity index (χ4v) is 2.13. The molecular formula is C15H20FNO2. The molecule has 0 N–H and O–H groups in total. The zero-order valence-corrected chi connectivity index (χ0v) is 11.6. The van der Waals surface area contributed by atoms with Gasteiger partial charge >= 0.3 is 0 Å². The summed E-state index contributed by atoms with van der Waals surface area (Å²) in [6.45, 7) is 4.80. The van der Waals surface area contributed by atoms with Gasteiger partial charge in [0, 0.05) is 18.7 Å². The molecule has 1 amide bonds. The number of benzene rings is 1. The van der Waals surface area contributed by atoms with Crippen molar-refractivity contribution in [3.05, 3.63) is 29.6 Å². The fourth-order valence-electron chi connectivity index (χ4n) is 2.13. The molecule has 1 aliphatic rings. The normalized spacial score (nSPS) is 14.6. The van der Waals surface area contributed by atoms with Gasteiger partial charge in [0.1, 0.15) is 11.6 Å². The molecule has 0 spiro atoms.